The van der Waals surface area contributed by atoms with Gasteiger partial charge in [-0.15, -0.1) is 0 Å². The van der Waals surface area contributed by atoms with Gasteiger partial charge in [-0.1, -0.05) is 71.9 Å². The summed E-state index contributed by atoms with van der Waals surface area (Å²) in [7, 11) is 0. The summed E-state index contributed by atoms with van der Waals surface area (Å²) in [6, 6.07) is 6.21. The molecule has 1 heteroatoms. The molecule has 1 rings (SSSR count). The Morgan fingerprint density at radius 1 is 0.947 bits per heavy atom. The largest absolute Gasteiger partial charge is 0.508 e. The van der Waals surface area contributed by atoms with E-state index in [2.05, 4.69) is 39.8 Å². The first-order chi connectivity index (χ1) is 8.95. The monoisotopic (exact) mass is 262 g/mol. The highest BCUT2D eigenvalue weighted by molar-refractivity contribution is 5.40. The minimum atomic E-state index is 0.0166. The van der Waals surface area contributed by atoms with Crippen molar-refractivity contribution in [1.29, 1.82) is 0 Å². The molecular formula is C18H30O. The van der Waals surface area contributed by atoms with Gasteiger partial charge in [-0.25, -0.2) is 0 Å². The summed E-state index contributed by atoms with van der Waals surface area (Å²) in [4.78, 5) is 0. The molecule has 1 aromatic carbocycles. The Balaban J connectivity index is 2.42. The number of hydrogen-bond donors (Lipinski definition) is 1. The molecule has 0 heterocycles. The third-order valence-corrected chi connectivity index (χ3v) is 3.69. The maximum absolute atomic E-state index is 10.1. The van der Waals surface area contributed by atoms with Crippen LogP contribution in [0.3, 0.4) is 0 Å². The van der Waals surface area contributed by atoms with Gasteiger partial charge in [0.1, 0.15) is 5.75 Å². The molecule has 0 atom stereocenters. The lowest BCUT2D eigenvalue weighted by molar-refractivity contribution is 0.445. The first-order valence-corrected chi connectivity index (χ1v) is 7.77. The van der Waals surface area contributed by atoms with Gasteiger partial charge in [0.2, 0.25) is 0 Å². The van der Waals surface area contributed by atoms with Gasteiger partial charge in [-0.2, -0.15) is 0 Å². The molecule has 0 bridgehead atoms. The average Bonchev–Trinajstić information content (AvgIpc) is 2.32. The van der Waals surface area contributed by atoms with Crippen LogP contribution in [0.5, 0.6) is 5.75 Å². The van der Waals surface area contributed by atoms with Crippen molar-refractivity contribution < 1.29 is 5.11 Å². The molecule has 0 saturated heterocycles. The van der Waals surface area contributed by atoms with Gasteiger partial charge in [0.25, 0.3) is 0 Å². The lowest BCUT2D eigenvalue weighted by Gasteiger charge is -2.20. The summed E-state index contributed by atoms with van der Waals surface area (Å²) in [5.74, 6) is 0.455. The maximum Gasteiger partial charge on any atom is 0.119 e. The van der Waals surface area contributed by atoms with E-state index in [1.165, 1.54) is 44.1 Å². The minimum absolute atomic E-state index is 0.0166. The van der Waals surface area contributed by atoms with Gasteiger partial charge in [-0.3, -0.25) is 0 Å². The number of phenolic OH excluding ortho intramolecular Hbond substituents is 1. The highest BCUT2D eigenvalue weighted by Gasteiger charge is 2.17. The molecule has 0 aromatic heterocycles. The van der Waals surface area contributed by atoms with Crippen molar-refractivity contribution in [3.05, 3.63) is 29.3 Å². The summed E-state index contributed by atoms with van der Waals surface area (Å²) in [5.41, 5.74) is 2.32. The van der Waals surface area contributed by atoms with Crippen molar-refractivity contribution in [2.45, 2.75) is 78.1 Å². The zero-order valence-electron chi connectivity index (χ0n) is 13.1. The van der Waals surface area contributed by atoms with Crippen LogP contribution in [0.2, 0.25) is 0 Å². The Kier molecular flexibility index (Phi) is 6.41. The summed E-state index contributed by atoms with van der Waals surface area (Å²) in [6.45, 7) is 8.65. The standard InChI is InChI=1S/C18H30O/c1-5-6-7-8-9-10-11-15-12-13-16(17(19)14-15)18(2,3)4/h12-14,19H,5-11H2,1-4H3. The first-order valence-electron chi connectivity index (χ1n) is 7.77. The zero-order valence-corrected chi connectivity index (χ0v) is 13.1. The Morgan fingerprint density at radius 3 is 2.16 bits per heavy atom. The lowest BCUT2D eigenvalue weighted by atomic mass is 9.85. The quantitative estimate of drug-likeness (QED) is 0.635. The normalized spacial score (nSPS) is 11.8. The third-order valence-electron chi connectivity index (χ3n) is 3.69. The fourth-order valence-corrected chi connectivity index (χ4v) is 2.48. The number of phenols is 1. The average molecular weight is 262 g/mol. The van der Waals surface area contributed by atoms with E-state index in [1.807, 2.05) is 6.07 Å². The van der Waals surface area contributed by atoms with Crippen molar-refractivity contribution in [1.82, 2.24) is 0 Å². The first kappa shape index (κ1) is 16.1. The number of aryl methyl sites for hydroxylation is 1. The smallest absolute Gasteiger partial charge is 0.119 e. The van der Waals surface area contributed by atoms with E-state index in [1.54, 1.807) is 0 Å². The summed E-state index contributed by atoms with van der Waals surface area (Å²) >= 11 is 0. The predicted octanol–water partition coefficient (Wildman–Crippen LogP) is 5.59. The molecule has 1 N–H and O–H groups in total. The van der Waals surface area contributed by atoms with Gasteiger partial charge in [-0.05, 0) is 35.4 Å². The molecule has 1 nitrogen and oxygen atoms in total. The molecule has 0 saturated carbocycles. The van der Waals surface area contributed by atoms with Gasteiger partial charge in [0, 0.05) is 0 Å². The second-order valence-corrected chi connectivity index (χ2v) is 6.62. The fraction of sp³-hybridized carbons (Fsp3) is 0.667. The minimum Gasteiger partial charge on any atom is -0.508 e. The molecule has 1 aromatic rings. The summed E-state index contributed by atoms with van der Waals surface area (Å²) < 4.78 is 0. The number of hydrogen-bond acceptors (Lipinski definition) is 1. The van der Waals surface area contributed by atoms with Crippen molar-refractivity contribution >= 4 is 0 Å². The van der Waals surface area contributed by atoms with E-state index in [9.17, 15) is 5.11 Å². The van der Waals surface area contributed by atoms with Crippen LogP contribution < -0.4 is 0 Å². The highest BCUT2D eigenvalue weighted by Crippen LogP contribution is 2.31. The van der Waals surface area contributed by atoms with Crippen molar-refractivity contribution in [2.24, 2.45) is 0 Å². The van der Waals surface area contributed by atoms with E-state index in [4.69, 9.17) is 0 Å². The van der Waals surface area contributed by atoms with Crippen molar-refractivity contribution in [3.8, 4) is 5.75 Å². The molecule has 0 aliphatic carbocycles. The van der Waals surface area contributed by atoms with E-state index < -0.39 is 0 Å². The number of rotatable bonds is 7. The Labute approximate surface area is 119 Å². The molecule has 108 valence electrons. The van der Waals surface area contributed by atoms with Gasteiger partial charge in [0.05, 0.1) is 0 Å². The second-order valence-electron chi connectivity index (χ2n) is 6.62. The maximum atomic E-state index is 10.1. The Morgan fingerprint density at radius 2 is 1.58 bits per heavy atom. The molecule has 19 heavy (non-hydrogen) atoms. The Hall–Kier alpha value is -0.980. The molecule has 0 unspecified atom stereocenters. The van der Waals surface area contributed by atoms with Gasteiger partial charge < -0.3 is 5.11 Å². The second kappa shape index (κ2) is 7.57. The van der Waals surface area contributed by atoms with Gasteiger partial charge in [0.15, 0.2) is 0 Å². The topological polar surface area (TPSA) is 20.2 Å². The summed E-state index contributed by atoms with van der Waals surface area (Å²) in [6.07, 6.45) is 9.01. The molecule has 0 radical (unpaired) electrons. The van der Waals surface area contributed by atoms with E-state index in [-0.39, 0.29) is 5.41 Å². The van der Waals surface area contributed by atoms with Gasteiger partial charge >= 0.3 is 0 Å². The van der Waals surface area contributed by atoms with E-state index in [0.717, 1.165) is 12.0 Å². The predicted molar refractivity (Wildman–Crippen MR) is 83.9 cm³/mol. The molecule has 0 aliphatic rings. The van der Waals surface area contributed by atoms with Crippen LogP contribution in [0.1, 0.15) is 77.3 Å². The SMILES string of the molecule is CCCCCCCCc1ccc(C(C)(C)C)c(O)c1. The van der Waals surface area contributed by atoms with Crippen LogP contribution in [-0.4, -0.2) is 5.11 Å². The van der Waals surface area contributed by atoms with Crippen LogP contribution in [0.4, 0.5) is 0 Å². The van der Waals surface area contributed by atoms with E-state index >= 15 is 0 Å². The fourth-order valence-electron chi connectivity index (χ4n) is 2.48. The van der Waals surface area contributed by atoms with Crippen LogP contribution in [-0.2, 0) is 11.8 Å². The lowest BCUT2D eigenvalue weighted by Crippen LogP contribution is -2.11. The zero-order chi connectivity index (χ0) is 14.3. The molecule has 0 fully saturated rings. The number of benzene rings is 1. The van der Waals surface area contributed by atoms with Crippen molar-refractivity contribution in [3.63, 3.8) is 0 Å². The number of unbranched alkanes of at least 4 members (excludes halogenated alkanes) is 5. The molecule has 0 aliphatic heterocycles. The van der Waals surface area contributed by atoms with Crippen LogP contribution in [0, 0.1) is 0 Å². The summed E-state index contributed by atoms with van der Waals surface area (Å²) in [5, 5.41) is 10.1. The Bertz CT molecular complexity index is 374. The van der Waals surface area contributed by atoms with Crippen LogP contribution in [0.15, 0.2) is 18.2 Å². The molecule has 0 amide bonds. The van der Waals surface area contributed by atoms with E-state index in [0.29, 0.717) is 5.75 Å². The third kappa shape index (κ3) is 5.67. The van der Waals surface area contributed by atoms with Crippen LogP contribution in [0.25, 0.3) is 0 Å². The highest BCUT2D eigenvalue weighted by atomic mass is 16.3. The van der Waals surface area contributed by atoms with Crippen LogP contribution >= 0.6 is 0 Å². The number of aromatic hydroxyl groups is 1. The molecular weight excluding hydrogens is 232 g/mol. The van der Waals surface area contributed by atoms with Crippen molar-refractivity contribution in [2.75, 3.05) is 0 Å². The molecule has 0 spiro atoms.